The maximum Gasteiger partial charge on any atom is 0.138 e. The molecule has 1 aromatic heterocycles. The monoisotopic (exact) mass is 338 g/mol. The minimum Gasteiger partial charge on any atom is -0.492 e. The lowest BCUT2D eigenvalue weighted by Gasteiger charge is -2.14. The molecule has 3 rings (SSSR count). The molecule has 4 nitrogen and oxygen atoms in total. The molecular weight excluding hydrogens is 312 g/mol. The third kappa shape index (κ3) is 4.02. The van der Waals surface area contributed by atoms with Gasteiger partial charge in [-0.3, -0.25) is 0 Å². The Hall–Kier alpha value is -2.33. The van der Waals surface area contributed by atoms with Gasteiger partial charge < -0.3 is 14.4 Å². The third-order valence-electron chi connectivity index (χ3n) is 4.46. The van der Waals surface area contributed by atoms with Gasteiger partial charge in [-0.1, -0.05) is 44.5 Å². The average Bonchev–Trinajstić information content (AvgIpc) is 3.01. The molecule has 0 amide bonds. The number of aliphatic hydroxyl groups excluding tert-OH is 1. The number of rotatable bonds is 8. The standard InChI is InChI=1S/C21H26N2O2/c1-3-7-20(24)21-22-18-8-5-6-9-19(18)23(21)14-15-25-17-12-10-16(4-2)11-13-17/h5-6,8-13,20,24H,3-4,7,14-15H2,1-2H3. The molecule has 1 atom stereocenters. The maximum absolute atomic E-state index is 10.5. The first-order valence-electron chi connectivity index (χ1n) is 9.08. The second kappa shape index (κ2) is 8.17. The number of benzene rings is 2. The van der Waals surface area contributed by atoms with Crippen LogP contribution in [0.3, 0.4) is 0 Å². The fourth-order valence-electron chi connectivity index (χ4n) is 3.06. The van der Waals surface area contributed by atoms with Crippen LogP contribution in [0, 0.1) is 0 Å². The summed E-state index contributed by atoms with van der Waals surface area (Å²) < 4.78 is 7.97. The van der Waals surface area contributed by atoms with Crippen molar-refractivity contribution in [3.63, 3.8) is 0 Å². The van der Waals surface area contributed by atoms with Crippen LogP contribution in [-0.4, -0.2) is 21.3 Å². The van der Waals surface area contributed by atoms with Crippen molar-refractivity contribution in [2.24, 2.45) is 0 Å². The molecule has 132 valence electrons. The molecule has 0 spiro atoms. The van der Waals surface area contributed by atoms with Gasteiger partial charge in [-0.25, -0.2) is 4.98 Å². The molecule has 0 saturated carbocycles. The Bertz CT molecular complexity index is 808. The molecule has 0 fully saturated rings. The molecule has 2 aromatic carbocycles. The summed E-state index contributed by atoms with van der Waals surface area (Å²) in [4.78, 5) is 4.64. The summed E-state index contributed by atoms with van der Waals surface area (Å²) in [6.45, 7) is 5.41. The molecular formula is C21H26N2O2. The molecule has 0 aliphatic carbocycles. The first-order chi connectivity index (χ1) is 12.2. The number of para-hydroxylation sites is 2. The predicted molar refractivity (Wildman–Crippen MR) is 101 cm³/mol. The Kier molecular flexibility index (Phi) is 5.71. The Morgan fingerprint density at radius 2 is 1.84 bits per heavy atom. The minimum absolute atomic E-state index is 0.539. The van der Waals surface area contributed by atoms with Crippen LogP contribution in [0.4, 0.5) is 0 Å². The lowest BCUT2D eigenvalue weighted by molar-refractivity contribution is 0.151. The van der Waals surface area contributed by atoms with E-state index in [0.717, 1.165) is 35.4 Å². The van der Waals surface area contributed by atoms with Gasteiger partial charge in [-0.15, -0.1) is 0 Å². The van der Waals surface area contributed by atoms with Gasteiger partial charge in [0.15, 0.2) is 0 Å². The Morgan fingerprint density at radius 3 is 2.56 bits per heavy atom. The number of hydrogen-bond acceptors (Lipinski definition) is 3. The van der Waals surface area contributed by atoms with Crippen LogP contribution in [0.15, 0.2) is 48.5 Å². The summed E-state index contributed by atoms with van der Waals surface area (Å²) in [5.74, 6) is 1.60. The van der Waals surface area contributed by atoms with E-state index in [4.69, 9.17) is 4.74 Å². The number of aryl methyl sites for hydroxylation is 1. The van der Waals surface area contributed by atoms with Gasteiger partial charge in [-0.05, 0) is 42.7 Å². The zero-order valence-electron chi connectivity index (χ0n) is 15.0. The van der Waals surface area contributed by atoms with Gasteiger partial charge in [0.2, 0.25) is 0 Å². The van der Waals surface area contributed by atoms with E-state index in [9.17, 15) is 5.11 Å². The molecule has 3 aromatic rings. The first kappa shape index (κ1) is 17.5. The second-order valence-electron chi connectivity index (χ2n) is 6.26. The van der Waals surface area contributed by atoms with Gasteiger partial charge >= 0.3 is 0 Å². The predicted octanol–water partition coefficient (Wildman–Crippen LogP) is 4.51. The van der Waals surface area contributed by atoms with E-state index < -0.39 is 6.10 Å². The van der Waals surface area contributed by atoms with Crippen molar-refractivity contribution in [2.75, 3.05) is 6.61 Å². The van der Waals surface area contributed by atoms with Crippen LogP contribution in [0.25, 0.3) is 11.0 Å². The fourth-order valence-corrected chi connectivity index (χ4v) is 3.06. The van der Waals surface area contributed by atoms with E-state index in [1.165, 1.54) is 5.56 Å². The highest BCUT2D eigenvalue weighted by molar-refractivity contribution is 5.76. The summed E-state index contributed by atoms with van der Waals surface area (Å²) in [7, 11) is 0. The van der Waals surface area contributed by atoms with E-state index in [-0.39, 0.29) is 0 Å². The van der Waals surface area contributed by atoms with E-state index in [1.54, 1.807) is 0 Å². The van der Waals surface area contributed by atoms with Crippen molar-refractivity contribution in [1.29, 1.82) is 0 Å². The zero-order valence-corrected chi connectivity index (χ0v) is 15.0. The number of ether oxygens (including phenoxy) is 1. The molecule has 1 heterocycles. The number of aromatic nitrogens is 2. The fraction of sp³-hybridized carbons (Fsp3) is 0.381. The van der Waals surface area contributed by atoms with Crippen LogP contribution in [0.5, 0.6) is 5.75 Å². The van der Waals surface area contributed by atoms with Crippen molar-refractivity contribution in [2.45, 2.75) is 45.8 Å². The molecule has 1 N–H and O–H groups in total. The topological polar surface area (TPSA) is 47.3 Å². The number of fused-ring (bicyclic) bond motifs is 1. The quantitative estimate of drug-likeness (QED) is 0.657. The average molecular weight is 338 g/mol. The van der Waals surface area contributed by atoms with Crippen LogP contribution < -0.4 is 4.74 Å². The molecule has 0 aliphatic heterocycles. The maximum atomic E-state index is 10.5. The summed E-state index contributed by atoms with van der Waals surface area (Å²) >= 11 is 0. The molecule has 4 heteroatoms. The first-order valence-corrected chi connectivity index (χ1v) is 9.08. The van der Waals surface area contributed by atoms with Crippen molar-refractivity contribution in [1.82, 2.24) is 9.55 Å². The number of imidazole rings is 1. The Labute approximate surface area is 149 Å². The molecule has 0 aliphatic rings. The summed E-state index contributed by atoms with van der Waals surface area (Å²) in [5, 5.41) is 10.5. The van der Waals surface area contributed by atoms with Crippen LogP contribution in [0.2, 0.25) is 0 Å². The van der Waals surface area contributed by atoms with Gasteiger partial charge in [0.1, 0.15) is 24.3 Å². The molecule has 0 radical (unpaired) electrons. The number of aliphatic hydroxyl groups is 1. The normalized spacial score (nSPS) is 12.4. The van der Waals surface area contributed by atoms with Crippen molar-refractivity contribution < 1.29 is 9.84 Å². The van der Waals surface area contributed by atoms with Crippen molar-refractivity contribution >= 4 is 11.0 Å². The van der Waals surface area contributed by atoms with Gasteiger partial charge in [-0.2, -0.15) is 0 Å². The van der Waals surface area contributed by atoms with E-state index in [1.807, 2.05) is 36.4 Å². The largest absolute Gasteiger partial charge is 0.492 e. The molecule has 25 heavy (non-hydrogen) atoms. The SMILES string of the molecule is CCCC(O)c1nc2ccccc2n1CCOc1ccc(CC)cc1. The Balaban J connectivity index is 1.75. The molecule has 0 saturated heterocycles. The van der Waals surface area contributed by atoms with Crippen LogP contribution >= 0.6 is 0 Å². The lowest BCUT2D eigenvalue weighted by Crippen LogP contribution is -2.14. The smallest absolute Gasteiger partial charge is 0.138 e. The van der Waals surface area contributed by atoms with Crippen LogP contribution in [-0.2, 0) is 13.0 Å². The third-order valence-corrected chi connectivity index (χ3v) is 4.46. The zero-order chi connectivity index (χ0) is 17.6. The highest BCUT2D eigenvalue weighted by Crippen LogP contribution is 2.23. The summed E-state index contributed by atoms with van der Waals surface area (Å²) in [6.07, 6.45) is 2.12. The number of nitrogens with zero attached hydrogens (tertiary/aromatic N) is 2. The minimum atomic E-state index is -0.541. The number of hydrogen-bond donors (Lipinski definition) is 1. The molecule has 0 bridgehead atoms. The lowest BCUT2D eigenvalue weighted by atomic mass is 10.2. The van der Waals surface area contributed by atoms with Crippen molar-refractivity contribution in [3.05, 3.63) is 59.9 Å². The van der Waals surface area contributed by atoms with Gasteiger partial charge in [0.25, 0.3) is 0 Å². The van der Waals surface area contributed by atoms with E-state index in [2.05, 4.69) is 35.5 Å². The van der Waals surface area contributed by atoms with Crippen LogP contribution in [0.1, 0.15) is 44.2 Å². The second-order valence-corrected chi connectivity index (χ2v) is 6.26. The Morgan fingerprint density at radius 1 is 1.08 bits per heavy atom. The highest BCUT2D eigenvalue weighted by Gasteiger charge is 2.17. The molecule has 1 unspecified atom stereocenters. The van der Waals surface area contributed by atoms with Gasteiger partial charge in [0, 0.05) is 0 Å². The highest BCUT2D eigenvalue weighted by atomic mass is 16.5. The summed E-state index contributed by atoms with van der Waals surface area (Å²) in [6, 6.07) is 16.2. The van der Waals surface area contributed by atoms with Crippen molar-refractivity contribution in [3.8, 4) is 5.75 Å². The van der Waals surface area contributed by atoms with E-state index >= 15 is 0 Å². The van der Waals surface area contributed by atoms with Gasteiger partial charge in [0.05, 0.1) is 17.6 Å². The van der Waals surface area contributed by atoms with E-state index in [0.29, 0.717) is 19.6 Å². The summed E-state index contributed by atoms with van der Waals surface area (Å²) in [5.41, 5.74) is 3.26.